The molecule has 0 radical (unpaired) electrons. The Morgan fingerprint density at radius 3 is 2.26 bits per heavy atom. The number of aliphatic hydroxyl groups is 1. The summed E-state index contributed by atoms with van der Waals surface area (Å²) in [5.74, 6) is -3.14. The summed E-state index contributed by atoms with van der Waals surface area (Å²) in [5, 5.41) is 10.7. The average Bonchev–Trinajstić information content (AvgIpc) is 2.34. The van der Waals surface area contributed by atoms with Crippen molar-refractivity contribution in [2.75, 3.05) is 26.4 Å². The smallest absolute Gasteiger partial charge is 0.323 e. The van der Waals surface area contributed by atoms with E-state index in [1.807, 2.05) is 0 Å². The summed E-state index contributed by atoms with van der Waals surface area (Å²) in [6, 6.07) is 0. The number of carbonyl (C=O) groups excluding carboxylic acids is 2. The molecule has 6 heteroatoms. The number of ether oxygens (including phenoxy) is 3. The van der Waals surface area contributed by atoms with E-state index in [0.29, 0.717) is 13.2 Å². The molecule has 110 valence electrons. The molecule has 1 heterocycles. The summed E-state index contributed by atoms with van der Waals surface area (Å²) in [5.41, 5.74) is -1.48. The zero-order valence-corrected chi connectivity index (χ0v) is 11.7. The topological polar surface area (TPSA) is 82.1 Å². The van der Waals surface area contributed by atoms with Gasteiger partial charge in [-0.1, -0.05) is 6.92 Å². The minimum absolute atomic E-state index is 0.149. The number of hydrogen-bond acceptors (Lipinski definition) is 6. The molecule has 19 heavy (non-hydrogen) atoms. The van der Waals surface area contributed by atoms with Crippen LogP contribution in [0.15, 0.2) is 0 Å². The molecule has 1 fully saturated rings. The number of carbonyl (C=O) groups is 2. The van der Waals surface area contributed by atoms with Crippen molar-refractivity contribution in [2.24, 2.45) is 11.8 Å². The van der Waals surface area contributed by atoms with Crippen molar-refractivity contribution >= 4 is 11.9 Å². The minimum atomic E-state index is -1.48. The molecule has 1 rings (SSSR count). The van der Waals surface area contributed by atoms with Crippen molar-refractivity contribution in [3.63, 3.8) is 0 Å². The van der Waals surface area contributed by atoms with Crippen LogP contribution in [-0.2, 0) is 23.8 Å². The fourth-order valence-electron chi connectivity index (χ4n) is 2.27. The van der Waals surface area contributed by atoms with E-state index in [1.54, 1.807) is 20.8 Å². The molecule has 0 saturated carbocycles. The Balaban J connectivity index is 2.99. The molecule has 1 aliphatic heterocycles. The van der Waals surface area contributed by atoms with Crippen LogP contribution in [0.5, 0.6) is 0 Å². The van der Waals surface area contributed by atoms with E-state index < -0.39 is 23.5 Å². The lowest BCUT2D eigenvalue weighted by Crippen LogP contribution is -2.56. The predicted molar refractivity (Wildman–Crippen MR) is 66.3 cm³/mol. The fourth-order valence-corrected chi connectivity index (χ4v) is 2.27. The van der Waals surface area contributed by atoms with E-state index in [2.05, 4.69) is 0 Å². The second kappa shape index (κ2) is 6.86. The molecule has 2 unspecified atom stereocenters. The molecule has 0 amide bonds. The van der Waals surface area contributed by atoms with Crippen LogP contribution in [0, 0.1) is 11.8 Å². The summed E-state index contributed by atoms with van der Waals surface area (Å²) >= 11 is 0. The highest BCUT2D eigenvalue weighted by Gasteiger charge is 2.52. The Kier molecular flexibility index (Phi) is 5.75. The van der Waals surface area contributed by atoms with Crippen molar-refractivity contribution in [1.82, 2.24) is 0 Å². The van der Waals surface area contributed by atoms with E-state index in [9.17, 15) is 14.7 Å². The van der Waals surface area contributed by atoms with E-state index >= 15 is 0 Å². The first-order valence-corrected chi connectivity index (χ1v) is 6.60. The summed E-state index contributed by atoms with van der Waals surface area (Å²) in [7, 11) is 0. The van der Waals surface area contributed by atoms with Crippen molar-refractivity contribution in [1.29, 1.82) is 0 Å². The number of hydrogen-bond donors (Lipinski definition) is 1. The third-order valence-electron chi connectivity index (χ3n) is 3.41. The molecule has 1 aliphatic rings. The molecular formula is C13H22O6. The zero-order chi connectivity index (χ0) is 14.5. The van der Waals surface area contributed by atoms with Gasteiger partial charge in [-0.3, -0.25) is 9.59 Å². The van der Waals surface area contributed by atoms with Crippen LogP contribution < -0.4 is 0 Å². The normalized spacial score (nSPS) is 27.1. The van der Waals surface area contributed by atoms with E-state index in [-0.39, 0.29) is 25.6 Å². The van der Waals surface area contributed by atoms with Crippen LogP contribution in [0.4, 0.5) is 0 Å². The van der Waals surface area contributed by atoms with Gasteiger partial charge in [-0.2, -0.15) is 0 Å². The minimum Gasteiger partial charge on any atom is -0.465 e. The van der Waals surface area contributed by atoms with Crippen molar-refractivity contribution in [2.45, 2.75) is 32.8 Å². The largest absolute Gasteiger partial charge is 0.465 e. The average molecular weight is 274 g/mol. The fraction of sp³-hybridized carbons (Fsp3) is 0.846. The molecule has 6 nitrogen and oxygen atoms in total. The Labute approximate surface area is 113 Å². The maximum Gasteiger partial charge on any atom is 0.323 e. The van der Waals surface area contributed by atoms with Gasteiger partial charge in [0.05, 0.1) is 25.4 Å². The first kappa shape index (κ1) is 15.9. The molecule has 2 atom stereocenters. The molecule has 0 aromatic carbocycles. The van der Waals surface area contributed by atoms with Crippen LogP contribution in [0.2, 0.25) is 0 Å². The quantitative estimate of drug-likeness (QED) is 0.581. The van der Waals surface area contributed by atoms with Gasteiger partial charge < -0.3 is 19.3 Å². The van der Waals surface area contributed by atoms with Crippen molar-refractivity contribution in [3.8, 4) is 0 Å². The van der Waals surface area contributed by atoms with Gasteiger partial charge in [-0.05, 0) is 13.8 Å². The van der Waals surface area contributed by atoms with Gasteiger partial charge in [0.1, 0.15) is 0 Å². The number of rotatable bonds is 5. The third-order valence-corrected chi connectivity index (χ3v) is 3.41. The molecule has 0 aromatic heterocycles. The third kappa shape index (κ3) is 3.45. The summed E-state index contributed by atoms with van der Waals surface area (Å²) in [4.78, 5) is 24.0. The Hall–Kier alpha value is -1.14. The first-order chi connectivity index (χ1) is 8.97. The Morgan fingerprint density at radius 1 is 1.32 bits per heavy atom. The summed E-state index contributed by atoms with van der Waals surface area (Å²) in [6.07, 6.45) is 0.205. The SMILES string of the molecule is CCOC(=O)C(C(=O)OCC)C1(O)CCOCC1C. The molecule has 0 aliphatic carbocycles. The van der Waals surface area contributed by atoms with Gasteiger partial charge in [-0.25, -0.2) is 0 Å². The van der Waals surface area contributed by atoms with Gasteiger partial charge in [0.15, 0.2) is 5.92 Å². The predicted octanol–water partition coefficient (Wildman–Crippen LogP) is 0.516. The lowest BCUT2D eigenvalue weighted by atomic mass is 9.74. The van der Waals surface area contributed by atoms with Crippen LogP contribution in [0.25, 0.3) is 0 Å². The van der Waals surface area contributed by atoms with Gasteiger partial charge in [0, 0.05) is 18.9 Å². The van der Waals surface area contributed by atoms with Crippen molar-refractivity contribution < 1.29 is 28.9 Å². The highest BCUT2D eigenvalue weighted by atomic mass is 16.6. The van der Waals surface area contributed by atoms with Crippen molar-refractivity contribution in [3.05, 3.63) is 0 Å². The lowest BCUT2D eigenvalue weighted by Gasteiger charge is -2.41. The van der Waals surface area contributed by atoms with Gasteiger partial charge >= 0.3 is 11.9 Å². The first-order valence-electron chi connectivity index (χ1n) is 6.60. The molecule has 1 saturated heterocycles. The van der Waals surface area contributed by atoms with Gasteiger partial charge in [0.2, 0.25) is 0 Å². The highest BCUT2D eigenvalue weighted by molar-refractivity contribution is 5.96. The van der Waals surface area contributed by atoms with Crippen LogP contribution in [0.1, 0.15) is 27.2 Å². The second-order valence-corrected chi connectivity index (χ2v) is 4.65. The molecule has 1 N–H and O–H groups in total. The van der Waals surface area contributed by atoms with Crippen LogP contribution >= 0.6 is 0 Å². The van der Waals surface area contributed by atoms with E-state index in [4.69, 9.17) is 14.2 Å². The highest BCUT2D eigenvalue weighted by Crippen LogP contribution is 2.35. The Morgan fingerprint density at radius 2 is 1.84 bits per heavy atom. The standard InChI is InChI=1S/C13H22O6/c1-4-18-11(14)10(12(15)19-5-2)13(16)6-7-17-8-9(13)3/h9-10,16H,4-8H2,1-3H3. The monoisotopic (exact) mass is 274 g/mol. The van der Waals surface area contributed by atoms with E-state index in [1.165, 1.54) is 0 Å². The lowest BCUT2D eigenvalue weighted by molar-refractivity contribution is -0.191. The zero-order valence-electron chi connectivity index (χ0n) is 11.7. The molecular weight excluding hydrogens is 252 g/mol. The second-order valence-electron chi connectivity index (χ2n) is 4.65. The van der Waals surface area contributed by atoms with E-state index in [0.717, 1.165) is 0 Å². The number of esters is 2. The van der Waals surface area contributed by atoms with Gasteiger partial charge in [-0.15, -0.1) is 0 Å². The van der Waals surface area contributed by atoms with Crippen LogP contribution in [0.3, 0.4) is 0 Å². The summed E-state index contributed by atoms with van der Waals surface area (Å²) < 4.78 is 15.0. The van der Waals surface area contributed by atoms with Gasteiger partial charge in [0.25, 0.3) is 0 Å². The maximum absolute atomic E-state index is 12.0. The molecule has 0 aromatic rings. The molecule has 0 spiro atoms. The summed E-state index contributed by atoms with van der Waals surface area (Å²) in [6.45, 7) is 5.94. The maximum atomic E-state index is 12.0. The van der Waals surface area contributed by atoms with Crippen LogP contribution in [-0.4, -0.2) is 49.1 Å². The Bertz CT molecular complexity index is 311. The molecule has 0 bridgehead atoms.